The van der Waals surface area contributed by atoms with Crippen LogP contribution in [0.2, 0.25) is 0 Å². The van der Waals surface area contributed by atoms with Gasteiger partial charge in [0.1, 0.15) is 5.82 Å². The summed E-state index contributed by atoms with van der Waals surface area (Å²) in [7, 11) is 0. The molecule has 2 aromatic heterocycles. The lowest BCUT2D eigenvalue weighted by molar-refractivity contribution is 0.942. The number of rotatable bonds is 0. The molecule has 5 nitrogen and oxygen atoms in total. The van der Waals surface area contributed by atoms with Crippen molar-refractivity contribution in [2.24, 2.45) is 0 Å². The molecule has 0 amide bonds. The molecule has 0 radical (unpaired) electrons. The number of fused-ring (bicyclic) bond motifs is 1. The van der Waals surface area contributed by atoms with Gasteiger partial charge >= 0.3 is 0 Å². The molecule has 0 aliphatic heterocycles. The highest BCUT2D eigenvalue weighted by Crippen LogP contribution is 2.09. The van der Waals surface area contributed by atoms with E-state index in [9.17, 15) is 0 Å². The summed E-state index contributed by atoms with van der Waals surface area (Å²) in [5.41, 5.74) is 12.1. The third-order valence-corrected chi connectivity index (χ3v) is 1.42. The van der Waals surface area contributed by atoms with Gasteiger partial charge in [-0.1, -0.05) is 0 Å². The smallest absolute Gasteiger partial charge is 0.180 e. The van der Waals surface area contributed by atoms with Crippen molar-refractivity contribution < 1.29 is 0 Å². The van der Waals surface area contributed by atoms with Gasteiger partial charge in [-0.3, -0.25) is 0 Å². The molecule has 0 saturated carbocycles. The van der Waals surface area contributed by atoms with Crippen LogP contribution in [-0.4, -0.2) is 14.6 Å². The van der Waals surface area contributed by atoms with Crippen LogP contribution in [0.5, 0.6) is 0 Å². The number of nitrogen functional groups attached to an aromatic ring is 2. The molecule has 5 heteroatoms. The van der Waals surface area contributed by atoms with E-state index in [1.54, 1.807) is 23.0 Å². The summed E-state index contributed by atoms with van der Waals surface area (Å²) in [5, 5.41) is 3.93. The Labute approximate surface area is 62.6 Å². The molecule has 0 atom stereocenters. The lowest BCUT2D eigenvalue weighted by Gasteiger charge is -1.93. The van der Waals surface area contributed by atoms with Crippen LogP contribution in [0, 0.1) is 0 Å². The van der Waals surface area contributed by atoms with Crippen LogP contribution in [0.4, 0.5) is 11.5 Å². The maximum absolute atomic E-state index is 5.54. The topological polar surface area (TPSA) is 82.2 Å². The van der Waals surface area contributed by atoms with Gasteiger partial charge in [-0.2, -0.15) is 5.10 Å². The molecule has 2 rings (SSSR count). The van der Waals surface area contributed by atoms with Gasteiger partial charge in [-0.15, -0.1) is 0 Å². The SMILES string of the molecule is Nc1ccn2ncc(N)c2n1. The fourth-order valence-corrected chi connectivity index (χ4v) is 0.900. The quantitative estimate of drug-likeness (QED) is 0.547. The molecule has 0 bridgehead atoms. The molecular weight excluding hydrogens is 142 g/mol. The summed E-state index contributed by atoms with van der Waals surface area (Å²) in [6, 6.07) is 1.67. The first-order valence-electron chi connectivity index (χ1n) is 3.13. The van der Waals surface area contributed by atoms with Gasteiger partial charge in [0.15, 0.2) is 5.65 Å². The third kappa shape index (κ3) is 0.778. The molecule has 0 fully saturated rings. The summed E-state index contributed by atoms with van der Waals surface area (Å²) < 4.78 is 1.58. The molecule has 11 heavy (non-hydrogen) atoms. The lowest BCUT2D eigenvalue weighted by atomic mass is 10.5. The molecule has 0 spiro atoms. The van der Waals surface area contributed by atoms with E-state index in [1.807, 2.05) is 0 Å². The Bertz CT molecular complexity index is 391. The average Bonchev–Trinajstić information content (AvgIpc) is 2.33. The van der Waals surface area contributed by atoms with Crippen molar-refractivity contribution in [3.63, 3.8) is 0 Å². The second-order valence-electron chi connectivity index (χ2n) is 2.22. The van der Waals surface area contributed by atoms with Crippen molar-refractivity contribution >= 4 is 17.2 Å². The molecular formula is C6H7N5. The molecule has 0 unspecified atom stereocenters. The van der Waals surface area contributed by atoms with Crippen molar-refractivity contribution in [1.82, 2.24) is 14.6 Å². The minimum Gasteiger partial charge on any atom is -0.394 e. The van der Waals surface area contributed by atoms with Crippen LogP contribution in [0.25, 0.3) is 5.65 Å². The maximum atomic E-state index is 5.54. The van der Waals surface area contributed by atoms with Gasteiger partial charge in [0.2, 0.25) is 0 Å². The van der Waals surface area contributed by atoms with Gasteiger partial charge in [-0.05, 0) is 6.07 Å². The molecule has 0 aliphatic carbocycles. The van der Waals surface area contributed by atoms with Gasteiger partial charge < -0.3 is 11.5 Å². The van der Waals surface area contributed by atoms with Crippen LogP contribution in [0.15, 0.2) is 18.5 Å². The Morgan fingerprint density at radius 2 is 2.18 bits per heavy atom. The zero-order chi connectivity index (χ0) is 7.84. The second kappa shape index (κ2) is 1.85. The second-order valence-corrected chi connectivity index (χ2v) is 2.22. The first-order chi connectivity index (χ1) is 5.27. The normalized spacial score (nSPS) is 10.5. The van der Waals surface area contributed by atoms with Crippen LogP contribution in [0.1, 0.15) is 0 Å². The van der Waals surface area contributed by atoms with E-state index in [2.05, 4.69) is 10.1 Å². The highest BCUT2D eigenvalue weighted by atomic mass is 15.3. The zero-order valence-electron chi connectivity index (χ0n) is 5.73. The molecule has 2 aromatic rings. The molecule has 0 saturated heterocycles. The number of hydrogen-bond acceptors (Lipinski definition) is 4. The third-order valence-electron chi connectivity index (χ3n) is 1.42. The van der Waals surface area contributed by atoms with Crippen molar-refractivity contribution in [1.29, 1.82) is 0 Å². The van der Waals surface area contributed by atoms with Crippen LogP contribution in [-0.2, 0) is 0 Å². The Morgan fingerprint density at radius 3 is 3.00 bits per heavy atom. The van der Waals surface area contributed by atoms with Crippen molar-refractivity contribution in [2.75, 3.05) is 11.5 Å². The number of anilines is 2. The van der Waals surface area contributed by atoms with Crippen LogP contribution < -0.4 is 11.5 Å². The number of nitrogens with zero attached hydrogens (tertiary/aromatic N) is 3. The summed E-state index contributed by atoms with van der Waals surface area (Å²) in [6.07, 6.45) is 3.26. The molecule has 0 aliphatic rings. The molecule has 2 heterocycles. The summed E-state index contributed by atoms with van der Waals surface area (Å²) in [6.45, 7) is 0. The Morgan fingerprint density at radius 1 is 1.36 bits per heavy atom. The highest BCUT2D eigenvalue weighted by molar-refractivity contribution is 5.64. The van der Waals surface area contributed by atoms with E-state index >= 15 is 0 Å². The van der Waals surface area contributed by atoms with E-state index in [0.29, 0.717) is 17.2 Å². The number of hydrogen-bond donors (Lipinski definition) is 2. The predicted molar refractivity (Wildman–Crippen MR) is 41.8 cm³/mol. The van der Waals surface area contributed by atoms with Gasteiger partial charge in [-0.25, -0.2) is 9.50 Å². The van der Waals surface area contributed by atoms with Gasteiger partial charge in [0.25, 0.3) is 0 Å². The first-order valence-corrected chi connectivity index (χ1v) is 3.13. The number of aromatic nitrogens is 3. The highest BCUT2D eigenvalue weighted by Gasteiger charge is 1.99. The standard InChI is InChI=1S/C6H7N5/c7-4-3-9-11-2-1-5(8)10-6(4)11/h1-3H,7H2,(H2,8,10). The van der Waals surface area contributed by atoms with E-state index in [0.717, 1.165) is 0 Å². The van der Waals surface area contributed by atoms with E-state index in [1.165, 1.54) is 0 Å². The fourth-order valence-electron chi connectivity index (χ4n) is 0.900. The largest absolute Gasteiger partial charge is 0.394 e. The summed E-state index contributed by atoms with van der Waals surface area (Å²) >= 11 is 0. The lowest BCUT2D eigenvalue weighted by Crippen LogP contribution is -1.95. The maximum Gasteiger partial charge on any atom is 0.180 e. The molecule has 56 valence electrons. The Hall–Kier alpha value is -1.78. The monoisotopic (exact) mass is 149 g/mol. The average molecular weight is 149 g/mol. The van der Waals surface area contributed by atoms with Crippen LogP contribution >= 0.6 is 0 Å². The Balaban J connectivity index is 2.87. The number of nitrogens with two attached hydrogens (primary N) is 2. The fraction of sp³-hybridized carbons (Fsp3) is 0. The minimum atomic E-state index is 0.449. The molecule has 0 aromatic carbocycles. The summed E-state index contributed by atoms with van der Waals surface area (Å²) in [5.74, 6) is 0.449. The van der Waals surface area contributed by atoms with Gasteiger partial charge in [0.05, 0.1) is 11.9 Å². The minimum absolute atomic E-state index is 0.449. The van der Waals surface area contributed by atoms with E-state index < -0.39 is 0 Å². The van der Waals surface area contributed by atoms with Crippen molar-refractivity contribution in [3.05, 3.63) is 18.5 Å². The van der Waals surface area contributed by atoms with Crippen LogP contribution in [0.3, 0.4) is 0 Å². The summed E-state index contributed by atoms with van der Waals surface area (Å²) in [4.78, 5) is 3.99. The first kappa shape index (κ1) is 5.96. The van der Waals surface area contributed by atoms with Crippen molar-refractivity contribution in [3.8, 4) is 0 Å². The predicted octanol–water partition coefficient (Wildman–Crippen LogP) is -0.106. The Kier molecular flexibility index (Phi) is 1.00. The zero-order valence-corrected chi connectivity index (χ0v) is 5.73. The molecule has 4 N–H and O–H groups in total. The van der Waals surface area contributed by atoms with E-state index in [-0.39, 0.29) is 0 Å². The van der Waals surface area contributed by atoms with E-state index in [4.69, 9.17) is 11.5 Å². The van der Waals surface area contributed by atoms with Gasteiger partial charge in [0, 0.05) is 6.20 Å². The van der Waals surface area contributed by atoms with Crippen molar-refractivity contribution in [2.45, 2.75) is 0 Å².